The second-order valence-electron chi connectivity index (χ2n) is 4.82. The third-order valence-corrected chi connectivity index (χ3v) is 3.45. The first kappa shape index (κ1) is 15.6. The van der Waals surface area contributed by atoms with Gasteiger partial charge < -0.3 is 5.32 Å². The van der Waals surface area contributed by atoms with Crippen LogP contribution in [0.4, 0.5) is 13.2 Å². The Kier molecular flexibility index (Phi) is 4.67. The number of halogens is 3. The number of benzene rings is 1. The average molecular weight is 297 g/mol. The number of alkyl halides is 3. The fourth-order valence-electron chi connectivity index (χ4n) is 2.37. The van der Waals surface area contributed by atoms with Crippen molar-refractivity contribution in [3.05, 3.63) is 53.3 Å². The molecule has 0 radical (unpaired) electrons. The lowest BCUT2D eigenvalue weighted by atomic mass is 10.0. The van der Waals surface area contributed by atoms with Gasteiger partial charge in [0.2, 0.25) is 0 Å². The lowest BCUT2D eigenvalue weighted by Gasteiger charge is -2.18. The number of aryl methyl sites for hydroxylation is 1. The number of nitrogens with zero attached hydrogens (tertiary/aromatic N) is 2. The summed E-state index contributed by atoms with van der Waals surface area (Å²) in [4.78, 5) is 0. The predicted octanol–water partition coefficient (Wildman–Crippen LogP) is 3.43. The van der Waals surface area contributed by atoms with Gasteiger partial charge in [0.05, 0.1) is 17.3 Å². The van der Waals surface area contributed by atoms with Crippen molar-refractivity contribution >= 4 is 0 Å². The van der Waals surface area contributed by atoms with Gasteiger partial charge in [0.15, 0.2) is 0 Å². The first-order chi connectivity index (χ1) is 9.95. The summed E-state index contributed by atoms with van der Waals surface area (Å²) >= 11 is 0. The third kappa shape index (κ3) is 3.64. The van der Waals surface area contributed by atoms with Crippen LogP contribution in [0.5, 0.6) is 0 Å². The van der Waals surface area contributed by atoms with Crippen LogP contribution < -0.4 is 5.32 Å². The summed E-state index contributed by atoms with van der Waals surface area (Å²) in [7, 11) is 1.80. The molecule has 21 heavy (non-hydrogen) atoms. The molecule has 0 aliphatic rings. The SMILES string of the molecule is CCn1nccc1C(Cc1cccc(C(F)(F)F)c1)NC. The summed E-state index contributed by atoms with van der Waals surface area (Å²) in [6.45, 7) is 2.70. The van der Waals surface area contributed by atoms with E-state index in [9.17, 15) is 13.2 Å². The van der Waals surface area contributed by atoms with E-state index in [4.69, 9.17) is 0 Å². The van der Waals surface area contributed by atoms with E-state index < -0.39 is 11.7 Å². The molecule has 0 amide bonds. The molecule has 0 fully saturated rings. The molecule has 0 bridgehead atoms. The first-order valence-corrected chi connectivity index (χ1v) is 6.80. The van der Waals surface area contributed by atoms with Crippen LogP contribution in [0.2, 0.25) is 0 Å². The summed E-state index contributed by atoms with van der Waals surface area (Å²) in [6.07, 6.45) is -2.13. The molecular weight excluding hydrogens is 279 g/mol. The van der Waals surface area contributed by atoms with Crippen LogP contribution in [0.15, 0.2) is 36.5 Å². The van der Waals surface area contributed by atoms with Gasteiger partial charge in [-0.1, -0.05) is 18.2 Å². The highest BCUT2D eigenvalue weighted by Crippen LogP contribution is 2.30. The third-order valence-electron chi connectivity index (χ3n) is 3.45. The molecule has 0 aliphatic carbocycles. The number of aromatic nitrogens is 2. The Morgan fingerprint density at radius 3 is 2.67 bits per heavy atom. The lowest BCUT2D eigenvalue weighted by Crippen LogP contribution is -2.22. The first-order valence-electron chi connectivity index (χ1n) is 6.80. The second-order valence-corrected chi connectivity index (χ2v) is 4.82. The standard InChI is InChI=1S/C15H18F3N3/c1-3-21-14(7-8-20-21)13(19-2)10-11-5-4-6-12(9-11)15(16,17)18/h4-9,13,19H,3,10H2,1-2H3. The molecule has 0 aliphatic heterocycles. The Morgan fingerprint density at radius 1 is 1.29 bits per heavy atom. The van der Waals surface area contributed by atoms with Gasteiger partial charge in [0, 0.05) is 12.7 Å². The molecule has 2 rings (SSSR count). The van der Waals surface area contributed by atoms with E-state index in [-0.39, 0.29) is 6.04 Å². The van der Waals surface area contributed by atoms with Gasteiger partial charge in [0.25, 0.3) is 0 Å². The average Bonchev–Trinajstić information content (AvgIpc) is 2.92. The molecule has 3 nitrogen and oxygen atoms in total. The molecule has 1 heterocycles. The van der Waals surface area contributed by atoms with Gasteiger partial charge in [-0.15, -0.1) is 0 Å². The van der Waals surface area contributed by atoms with Crippen LogP contribution in [-0.2, 0) is 19.1 Å². The highest BCUT2D eigenvalue weighted by molar-refractivity contribution is 5.27. The van der Waals surface area contributed by atoms with Crippen molar-refractivity contribution in [1.29, 1.82) is 0 Å². The van der Waals surface area contributed by atoms with E-state index >= 15 is 0 Å². The molecule has 0 spiro atoms. The molecule has 6 heteroatoms. The van der Waals surface area contributed by atoms with Crippen molar-refractivity contribution in [3.8, 4) is 0 Å². The Morgan fingerprint density at radius 2 is 2.05 bits per heavy atom. The van der Waals surface area contributed by atoms with Crippen LogP contribution in [-0.4, -0.2) is 16.8 Å². The fourth-order valence-corrected chi connectivity index (χ4v) is 2.37. The number of hydrogen-bond donors (Lipinski definition) is 1. The van der Waals surface area contributed by atoms with E-state index in [1.165, 1.54) is 12.1 Å². The molecule has 2 aromatic rings. The summed E-state index contributed by atoms with van der Waals surface area (Å²) < 4.78 is 40.1. The molecule has 0 saturated carbocycles. The zero-order valence-electron chi connectivity index (χ0n) is 12.0. The molecule has 0 saturated heterocycles. The highest BCUT2D eigenvalue weighted by atomic mass is 19.4. The Hall–Kier alpha value is -1.82. The van der Waals surface area contributed by atoms with Crippen LogP contribution in [0.1, 0.15) is 29.8 Å². The van der Waals surface area contributed by atoms with E-state index in [0.717, 1.165) is 18.3 Å². The zero-order valence-corrected chi connectivity index (χ0v) is 12.0. The maximum Gasteiger partial charge on any atom is 0.416 e. The Labute approximate surface area is 121 Å². The maximum absolute atomic E-state index is 12.7. The topological polar surface area (TPSA) is 29.9 Å². The van der Waals surface area contributed by atoms with Crippen molar-refractivity contribution in [2.75, 3.05) is 7.05 Å². The molecular formula is C15H18F3N3. The number of likely N-dealkylation sites (N-methyl/N-ethyl adjacent to an activating group) is 1. The van der Waals surface area contributed by atoms with Crippen LogP contribution in [0, 0.1) is 0 Å². The quantitative estimate of drug-likeness (QED) is 0.916. The van der Waals surface area contributed by atoms with E-state index in [0.29, 0.717) is 12.0 Å². The molecule has 1 aromatic heterocycles. The summed E-state index contributed by atoms with van der Waals surface area (Å²) in [6, 6.07) is 7.27. The Balaban J connectivity index is 2.23. The molecule has 114 valence electrons. The largest absolute Gasteiger partial charge is 0.416 e. The Bertz CT molecular complexity index is 590. The van der Waals surface area contributed by atoms with Gasteiger partial charge in [-0.2, -0.15) is 18.3 Å². The second kappa shape index (κ2) is 6.30. The van der Waals surface area contributed by atoms with E-state index in [1.54, 1.807) is 19.3 Å². The molecule has 1 unspecified atom stereocenters. The normalized spacial score (nSPS) is 13.4. The van der Waals surface area contributed by atoms with Crippen LogP contribution in [0.3, 0.4) is 0 Å². The monoisotopic (exact) mass is 297 g/mol. The van der Waals surface area contributed by atoms with Crippen molar-refractivity contribution in [2.24, 2.45) is 0 Å². The van der Waals surface area contributed by atoms with Crippen molar-refractivity contribution in [2.45, 2.75) is 32.1 Å². The van der Waals surface area contributed by atoms with Crippen molar-refractivity contribution in [3.63, 3.8) is 0 Å². The minimum Gasteiger partial charge on any atom is -0.311 e. The molecule has 1 atom stereocenters. The van der Waals surface area contributed by atoms with E-state index in [1.807, 2.05) is 17.7 Å². The summed E-state index contributed by atoms with van der Waals surface area (Å²) in [5, 5.41) is 7.34. The predicted molar refractivity (Wildman–Crippen MR) is 74.8 cm³/mol. The smallest absolute Gasteiger partial charge is 0.311 e. The van der Waals surface area contributed by atoms with Gasteiger partial charge >= 0.3 is 6.18 Å². The number of rotatable bonds is 5. The van der Waals surface area contributed by atoms with E-state index in [2.05, 4.69) is 10.4 Å². The van der Waals surface area contributed by atoms with Gasteiger partial charge in [-0.3, -0.25) is 4.68 Å². The van der Waals surface area contributed by atoms with Gasteiger partial charge in [0.1, 0.15) is 0 Å². The minimum atomic E-state index is -4.31. The molecule has 1 N–H and O–H groups in total. The van der Waals surface area contributed by atoms with Gasteiger partial charge in [-0.25, -0.2) is 0 Å². The number of nitrogens with one attached hydrogen (secondary N) is 1. The summed E-state index contributed by atoms with van der Waals surface area (Å²) in [5.41, 5.74) is 1.00. The zero-order chi connectivity index (χ0) is 15.5. The van der Waals surface area contributed by atoms with Crippen LogP contribution >= 0.6 is 0 Å². The fraction of sp³-hybridized carbons (Fsp3) is 0.400. The molecule has 1 aromatic carbocycles. The lowest BCUT2D eigenvalue weighted by molar-refractivity contribution is -0.137. The summed E-state index contributed by atoms with van der Waals surface area (Å²) in [5.74, 6) is 0. The van der Waals surface area contributed by atoms with Gasteiger partial charge in [-0.05, 0) is 38.1 Å². The van der Waals surface area contributed by atoms with Crippen molar-refractivity contribution < 1.29 is 13.2 Å². The number of hydrogen-bond acceptors (Lipinski definition) is 2. The minimum absolute atomic E-state index is 0.0732. The maximum atomic E-state index is 12.7. The highest BCUT2D eigenvalue weighted by Gasteiger charge is 2.30. The van der Waals surface area contributed by atoms with Crippen molar-refractivity contribution in [1.82, 2.24) is 15.1 Å². The van der Waals surface area contributed by atoms with Crippen LogP contribution in [0.25, 0.3) is 0 Å².